The highest BCUT2D eigenvalue weighted by atomic mass is 16.1. The Labute approximate surface area is 139 Å². The quantitative estimate of drug-likeness (QED) is 0.836. The number of hydrogen-bond acceptors (Lipinski definition) is 3. The highest BCUT2D eigenvalue weighted by Crippen LogP contribution is 2.49. The summed E-state index contributed by atoms with van der Waals surface area (Å²) < 4.78 is 0. The highest BCUT2D eigenvalue weighted by molar-refractivity contribution is 5.83. The molecule has 1 aliphatic carbocycles. The van der Waals surface area contributed by atoms with Gasteiger partial charge in [-0.05, 0) is 55.7 Å². The van der Waals surface area contributed by atoms with Gasteiger partial charge in [0.2, 0.25) is 0 Å². The normalized spacial score (nSPS) is 38.0. The van der Waals surface area contributed by atoms with E-state index in [0.717, 1.165) is 31.3 Å². The zero-order valence-electron chi connectivity index (χ0n) is 14.2. The van der Waals surface area contributed by atoms with Crippen LogP contribution in [0.25, 0.3) is 0 Å². The number of aromatic nitrogens is 1. The third kappa shape index (κ3) is 2.53. The molecule has 3 nitrogen and oxygen atoms in total. The Balaban J connectivity index is 1.69. The summed E-state index contributed by atoms with van der Waals surface area (Å²) >= 11 is 0. The smallest absolute Gasteiger partial charge is 0.138 e. The van der Waals surface area contributed by atoms with E-state index in [9.17, 15) is 4.79 Å². The fraction of sp³-hybridized carbons (Fsp3) is 0.700. The van der Waals surface area contributed by atoms with Crippen molar-refractivity contribution in [2.45, 2.75) is 69.9 Å². The lowest BCUT2D eigenvalue weighted by Crippen LogP contribution is -2.67. The summed E-state index contributed by atoms with van der Waals surface area (Å²) in [6, 6.07) is 4.98. The number of ketones is 1. The average molecular weight is 312 g/mol. The summed E-state index contributed by atoms with van der Waals surface area (Å²) in [7, 11) is 0. The van der Waals surface area contributed by atoms with Crippen LogP contribution in [0.3, 0.4) is 0 Å². The topological polar surface area (TPSA) is 33.2 Å². The van der Waals surface area contributed by atoms with Gasteiger partial charge < -0.3 is 0 Å². The van der Waals surface area contributed by atoms with E-state index in [0.29, 0.717) is 5.78 Å². The lowest BCUT2D eigenvalue weighted by atomic mass is 9.63. The van der Waals surface area contributed by atoms with Gasteiger partial charge in [0.1, 0.15) is 5.78 Å². The first-order valence-corrected chi connectivity index (χ1v) is 9.39. The molecule has 1 aromatic heterocycles. The predicted octanol–water partition coefficient (Wildman–Crippen LogP) is 3.63. The number of piperidine rings is 2. The van der Waals surface area contributed by atoms with E-state index >= 15 is 0 Å². The summed E-state index contributed by atoms with van der Waals surface area (Å²) in [6.07, 6.45) is 13.5. The van der Waals surface area contributed by atoms with Gasteiger partial charge in [0.25, 0.3) is 0 Å². The lowest BCUT2D eigenvalue weighted by molar-refractivity contribution is -0.146. The van der Waals surface area contributed by atoms with Gasteiger partial charge >= 0.3 is 0 Å². The van der Waals surface area contributed by atoms with Gasteiger partial charge in [0, 0.05) is 42.9 Å². The molecule has 0 amide bonds. The summed E-state index contributed by atoms with van der Waals surface area (Å²) in [6.45, 7) is 3.17. The maximum Gasteiger partial charge on any atom is 0.138 e. The molecule has 0 spiro atoms. The molecule has 1 saturated carbocycles. The summed E-state index contributed by atoms with van der Waals surface area (Å²) in [5.74, 6) is 1.51. The molecule has 1 aromatic rings. The van der Waals surface area contributed by atoms with E-state index < -0.39 is 0 Å². The molecular weight excluding hydrogens is 284 g/mol. The third-order valence-corrected chi connectivity index (χ3v) is 6.94. The van der Waals surface area contributed by atoms with Gasteiger partial charge in [0.05, 0.1) is 0 Å². The van der Waals surface area contributed by atoms with Crippen molar-refractivity contribution in [1.82, 2.24) is 9.88 Å². The number of rotatable bonds is 2. The van der Waals surface area contributed by atoms with Crippen LogP contribution >= 0.6 is 0 Å². The van der Waals surface area contributed by atoms with Crippen molar-refractivity contribution in [2.24, 2.45) is 11.8 Å². The zero-order chi connectivity index (χ0) is 15.9. The summed E-state index contributed by atoms with van der Waals surface area (Å²) in [5, 5.41) is 0. The number of fused-ring (bicyclic) bond motifs is 3. The Morgan fingerprint density at radius 1 is 1.22 bits per heavy atom. The number of carbonyl (C=O) groups is 1. The van der Waals surface area contributed by atoms with Crippen LogP contribution in [0, 0.1) is 11.8 Å². The second-order valence-corrected chi connectivity index (χ2v) is 7.92. The van der Waals surface area contributed by atoms with E-state index in [1.165, 1.54) is 44.1 Å². The fourth-order valence-electron chi connectivity index (χ4n) is 5.64. The number of carbonyl (C=O) groups excluding carboxylic acids is 1. The molecule has 3 fully saturated rings. The van der Waals surface area contributed by atoms with Crippen molar-refractivity contribution in [3.05, 3.63) is 30.1 Å². The third-order valence-electron chi connectivity index (χ3n) is 6.94. The van der Waals surface area contributed by atoms with Gasteiger partial charge in [-0.15, -0.1) is 0 Å². The van der Waals surface area contributed by atoms with Crippen molar-refractivity contribution in [3.8, 4) is 0 Å². The molecule has 23 heavy (non-hydrogen) atoms. The van der Waals surface area contributed by atoms with Gasteiger partial charge in [-0.25, -0.2) is 0 Å². The first-order valence-electron chi connectivity index (χ1n) is 9.39. The van der Waals surface area contributed by atoms with Crippen LogP contribution < -0.4 is 0 Å². The van der Waals surface area contributed by atoms with Crippen molar-refractivity contribution < 1.29 is 4.79 Å². The maximum atomic E-state index is 12.6. The standard InChI is InChI=1S/C20H28N2O/c1-15-19(23)9-13-22-18-5-3-2-4-17(18)6-10-20(15,22)14-16-7-11-21-12-8-16/h7-8,11-12,15,17-18H,2-6,9-10,13-14H2,1H3. The molecule has 2 saturated heterocycles. The number of Topliss-reactive ketones (excluding diaryl/α,β-unsaturated/α-hetero) is 1. The Bertz CT molecular complexity index is 572. The summed E-state index contributed by atoms with van der Waals surface area (Å²) in [4.78, 5) is 19.5. The molecule has 0 bridgehead atoms. The second-order valence-electron chi connectivity index (χ2n) is 7.92. The molecule has 2 aliphatic heterocycles. The predicted molar refractivity (Wildman–Crippen MR) is 91.1 cm³/mol. The first-order chi connectivity index (χ1) is 11.2. The van der Waals surface area contributed by atoms with Crippen molar-refractivity contribution in [3.63, 3.8) is 0 Å². The Morgan fingerprint density at radius 3 is 2.83 bits per heavy atom. The lowest BCUT2D eigenvalue weighted by Gasteiger charge is -2.60. The maximum absolute atomic E-state index is 12.6. The van der Waals surface area contributed by atoms with Gasteiger partial charge in [0.15, 0.2) is 0 Å². The van der Waals surface area contributed by atoms with Gasteiger partial charge in [-0.1, -0.05) is 19.8 Å². The van der Waals surface area contributed by atoms with Crippen LogP contribution in [0.5, 0.6) is 0 Å². The summed E-state index contributed by atoms with van der Waals surface area (Å²) in [5.41, 5.74) is 1.38. The zero-order valence-corrected chi connectivity index (χ0v) is 14.2. The minimum absolute atomic E-state index is 0.0508. The minimum atomic E-state index is 0.0508. The molecule has 0 N–H and O–H groups in total. The van der Waals surface area contributed by atoms with Crippen LogP contribution in [0.4, 0.5) is 0 Å². The Kier molecular flexibility index (Phi) is 4.00. The molecule has 3 heteroatoms. The Hall–Kier alpha value is -1.22. The highest BCUT2D eigenvalue weighted by Gasteiger charge is 2.53. The molecule has 3 aliphatic rings. The van der Waals surface area contributed by atoms with Gasteiger partial charge in [-0.3, -0.25) is 14.7 Å². The van der Waals surface area contributed by atoms with Crippen LogP contribution in [-0.2, 0) is 11.2 Å². The first kappa shape index (κ1) is 15.3. The van der Waals surface area contributed by atoms with Crippen molar-refractivity contribution in [1.29, 1.82) is 0 Å². The van der Waals surface area contributed by atoms with E-state index in [-0.39, 0.29) is 11.5 Å². The van der Waals surface area contributed by atoms with Crippen molar-refractivity contribution >= 4 is 5.78 Å². The largest absolute Gasteiger partial charge is 0.299 e. The van der Waals surface area contributed by atoms with Crippen LogP contribution in [-0.4, -0.2) is 33.8 Å². The SMILES string of the molecule is CC1C(=O)CCN2C3CCCCC3CCC12Cc1ccncc1. The molecule has 0 aromatic carbocycles. The molecular formula is C20H28N2O. The van der Waals surface area contributed by atoms with E-state index in [1.54, 1.807) is 0 Å². The Morgan fingerprint density at radius 2 is 2.00 bits per heavy atom. The molecule has 4 unspecified atom stereocenters. The second kappa shape index (κ2) is 6.01. The van der Waals surface area contributed by atoms with E-state index in [4.69, 9.17) is 0 Å². The van der Waals surface area contributed by atoms with Crippen LogP contribution in [0.2, 0.25) is 0 Å². The molecule has 4 rings (SSSR count). The van der Waals surface area contributed by atoms with Crippen LogP contribution in [0.1, 0.15) is 57.4 Å². The van der Waals surface area contributed by atoms with Crippen LogP contribution in [0.15, 0.2) is 24.5 Å². The number of pyridine rings is 1. The van der Waals surface area contributed by atoms with E-state index in [2.05, 4.69) is 28.9 Å². The monoisotopic (exact) mass is 312 g/mol. The number of hydrogen-bond donors (Lipinski definition) is 0. The number of nitrogens with zero attached hydrogens (tertiary/aromatic N) is 2. The van der Waals surface area contributed by atoms with Crippen molar-refractivity contribution in [2.75, 3.05) is 6.54 Å². The van der Waals surface area contributed by atoms with E-state index in [1.807, 2.05) is 12.4 Å². The fourth-order valence-corrected chi connectivity index (χ4v) is 5.64. The minimum Gasteiger partial charge on any atom is -0.299 e. The molecule has 3 heterocycles. The van der Waals surface area contributed by atoms with Gasteiger partial charge in [-0.2, -0.15) is 0 Å². The molecule has 4 atom stereocenters. The molecule has 124 valence electrons. The molecule has 0 radical (unpaired) electrons. The average Bonchev–Trinajstić information content (AvgIpc) is 2.59.